The van der Waals surface area contributed by atoms with Crippen LogP contribution in [0.1, 0.15) is 13.3 Å². The molecule has 1 heterocycles. The number of allylic oxidation sites excluding steroid dienone is 1. The first-order valence-electron chi connectivity index (χ1n) is 4.02. The minimum Gasteiger partial charge on any atom is -0.330 e. The molecule has 0 fully saturated rings. The third-order valence-electron chi connectivity index (χ3n) is 1.63. The number of carbonyl (C=O) groups excluding carboxylic acids is 2. The van der Waals surface area contributed by atoms with Crippen LogP contribution in [0.25, 0.3) is 0 Å². The highest BCUT2D eigenvalue weighted by Crippen LogP contribution is 2.05. The van der Waals surface area contributed by atoms with Crippen molar-refractivity contribution in [2.45, 2.75) is 19.5 Å². The number of hydrogen-bond donors (Lipinski definition) is 1. The van der Waals surface area contributed by atoms with Gasteiger partial charge in [0.25, 0.3) is 0 Å². The predicted octanol–water partition coefficient (Wildman–Crippen LogP) is 0.237. The van der Waals surface area contributed by atoms with Crippen LogP contribution in [0, 0.1) is 0 Å². The molecule has 0 aromatic rings. The number of nitrogens with zero attached hydrogens (tertiary/aromatic N) is 1. The van der Waals surface area contributed by atoms with E-state index in [4.69, 9.17) is 0 Å². The number of hydrogen-bond acceptors (Lipinski definition) is 3. The maximum absolute atomic E-state index is 11.0. The fraction of sp³-hybridized carbons (Fsp3) is 0.333. The first-order valence-corrected chi connectivity index (χ1v) is 4.02. The Balaban J connectivity index is 2.69. The number of dihydropyridines is 1. The van der Waals surface area contributed by atoms with Crippen LogP contribution in [0.4, 0.5) is 0 Å². The smallest absolute Gasteiger partial charge is 0.221 e. The summed E-state index contributed by atoms with van der Waals surface area (Å²) in [5.41, 5.74) is 0.351. The van der Waals surface area contributed by atoms with Crippen molar-refractivity contribution in [3.63, 3.8) is 0 Å². The number of nitrogens with one attached hydrogen (secondary N) is 1. The van der Waals surface area contributed by atoms with Gasteiger partial charge in [0.15, 0.2) is 6.17 Å². The van der Waals surface area contributed by atoms with Gasteiger partial charge in [0.1, 0.15) is 5.94 Å². The lowest BCUT2D eigenvalue weighted by Crippen LogP contribution is -2.35. The molecule has 1 rings (SSSR count). The Morgan fingerprint density at radius 2 is 2.54 bits per heavy atom. The Bertz CT molecular complexity index is 312. The summed E-state index contributed by atoms with van der Waals surface area (Å²) in [6, 6.07) is 0. The lowest BCUT2D eigenvalue weighted by Gasteiger charge is -2.14. The standard InChI is InChI=1S/C9H10N2O2/c1-2-8(13)11-9-7(6-12)4-3-5-10-9/h3-5,9H,2H2,1H3,(H,11,13). The summed E-state index contributed by atoms with van der Waals surface area (Å²) in [6.07, 6.45) is 4.58. The van der Waals surface area contributed by atoms with Gasteiger partial charge in [-0.15, -0.1) is 0 Å². The number of carbonyl (C=O) groups is 1. The van der Waals surface area contributed by atoms with Gasteiger partial charge in [-0.2, -0.15) is 0 Å². The molecule has 0 spiro atoms. The van der Waals surface area contributed by atoms with Crippen molar-refractivity contribution >= 4 is 18.1 Å². The summed E-state index contributed by atoms with van der Waals surface area (Å²) in [5.74, 6) is 1.60. The summed E-state index contributed by atoms with van der Waals surface area (Å²) in [7, 11) is 0. The van der Waals surface area contributed by atoms with Crippen molar-refractivity contribution in [2.75, 3.05) is 0 Å². The minimum atomic E-state index is -0.560. The molecule has 1 N–H and O–H groups in total. The second-order valence-electron chi connectivity index (χ2n) is 2.54. The Hall–Kier alpha value is -1.67. The molecule has 1 atom stereocenters. The van der Waals surface area contributed by atoms with Gasteiger partial charge in [0.05, 0.1) is 5.57 Å². The molecule has 68 valence electrons. The maximum Gasteiger partial charge on any atom is 0.221 e. The molecule has 1 unspecified atom stereocenters. The van der Waals surface area contributed by atoms with E-state index in [2.05, 4.69) is 10.3 Å². The van der Waals surface area contributed by atoms with E-state index in [0.717, 1.165) is 0 Å². The van der Waals surface area contributed by atoms with Gasteiger partial charge >= 0.3 is 0 Å². The molecule has 13 heavy (non-hydrogen) atoms. The highest BCUT2D eigenvalue weighted by Gasteiger charge is 2.14. The summed E-state index contributed by atoms with van der Waals surface area (Å²) >= 11 is 0. The monoisotopic (exact) mass is 178 g/mol. The average Bonchev–Trinajstić information content (AvgIpc) is 2.18. The van der Waals surface area contributed by atoms with Gasteiger partial charge in [-0.3, -0.25) is 9.79 Å². The van der Waals surface area contributed by atoms with Gasteiger partial charge in [0, 0.05) is 12.6 Å². The summed E-state index contributed by atoms with van der Waals surface area (Å²) in [4.78, 5) is 25.3. The van der Waals surface area contributed by atoms with Crippen molar-refractivity contribution in [2.24, 2.45) is 4.99 Å². The van der Waals surface area contributed by atoms with E-state index < -0.39 is 6.17 Å². The second kappa shape index (κ2) is 4.38. The first-order chi connectivity index (χ1) is 6.27. The molecule has 1 aliphatic rings. The van der Waals surface area contributed by atoms with Crippen LogP contribution in [0.15, 0.2) is 22.7 Å². The predicted molar refractivity (Wildman–Crippen MR) is 49.1 cm³/mol. The van der Waals surface area contributed by atoms with E-state index in [0.29, 0.717) is 12.0 Å². The topological polar surface area (TPSA) is 58.5 Å². The number of amides is 1. The lowest BCUT2D eigenvalue weighted by atomic mass is 10.2. The van der Waals surface area contributed by atoms with Crippen molar-refractivity contribution in [3.8, 4) is 0 Å². The largest absolute Gasteiger partial charge is 0.330 e. The number of aliphatic imine (C=N–C) groups is 1. The molecule has 0 radical (unpaired) electrons. The zero-order chi connectivity index (χ0) is 9.68. The van der Waals surface area contributed by atoms with Crippen molar-refractivity contribution in [1.29, 1.82) is 0 Å². The Labute approximate surface area is 76.0 Å². The van der Waals surface area contributed by atoms with E-state index in [1.165, 1.54) is 0 Å². The van der Waals surface area contributed by atoms with Crippen LogP contribution >= 0.6 is 0 Å². The van der Waals surface area contributed by atoms with Gasteiger partial charge in [-0.25, -0.2) is 4.79 Å². The molecule has 1 amide bonds. The fourth-order valence-corrected chi connectivity index (χ4v) is 0.913. The molecule has 0 aromatic heterocycles. The van der Waals surface area contributed by atoms with Crippen LogP contribution in [0.5, 0.6) is 0 Å². The minimum absolute atomic E-state index is 0.134. The van der Waals surface area contributed by atoms with E-state index in [1.807, 2.05) is 0 Å². The van der Waals surface area contributed by atoms with Crippen molar-refractivity contribution in [1.82, 2.24) is 5.32 Å². The normalized spacial score (nSPS) is 19.8. The second-order valence-corrected chi connectivity index (χ2v) is 2.54. The average molecular weight is 178 g/mol. The third kappa shape index (κ3) is 2.39. The lowest BCUT2D eigenvalue weighted by molar-refractivity contribution is -0.121. The molecular formula is C9H10N2O2. The molecule has 4 nitrogen and oxygen atoms in total. The summed E-state index contributed by atoms with van der Waals surface area (Å²) in [5, 5.41) is 2.58. The van der Waals surface area contributed by atoms with Crippen molar-refractivity contribution < 1.29 is 9.59 Å². The molecular weight excluding hydrogens is 168 g/mol. The summed E-state index contributed by atoms with van der Waals surface area (Å²) in [6.45, 7) is 1.74. The molecule has 0 saturated carbocycles. The van der Waals surface area contributed by atoms with Crippen LogP contribution < -0.4 is 5.32 Å². The Morgan fingerprint density at radius 3 is 3.15 bits per heavy atom. The number of rotatable bonds is 2. The highest BCUT2D eigenvalue weighted by atomic mass is 16.1. The van der Waals surface area contributed by atoms with Crippen molar-refractivity contribution in [3.05, 3.63) is 17.7 Å². The van der Waals surface area contributed by atoms with Gasteiger partial charge in [0.2, 0.25) is 5.91 Å². The van der Waals surface area contributed by atoms with Crippen LogP contribution in [0.2, 0.25) is 0 Å². The van der Waals surface area contributed by atoms with E-state index in [1.54, 1.807) is 31.2 Å². The fourth-order valence-electron chi connectivity index (χ4n) is 0.913. The quantitative estimate of drug-likeness (QED) is 0.615. The zero-order valence-corrected chi connectivity index (χ0v) is 7.28. The van der Waals surface area contributed by atoms with E-state index in [9.17, 15) is 9.59 Å². The van der Waals surface area contributed by atoms with Crippen LogP contribution in [-0.2, 0) is 9.59 Å². The van der Waals surface area contributed by atoms with Gasteiger partial charge in [-0.05, 0) is 12.2 Å². The molecule has 0 bridgehead atoms. The van der Waals surface area contributed by atoms with Gasteiger partial charge in [-0.1, -0.05) is 6.92 Å². The Kier molecular flexibility index (Phi) is 3.17. The Morgan fingerprint density at radius 1 is 1.77 bits per heavy atom. The van der Waals surface area contributed by atoms with E-state index in [-0.39, 0.29) is 5.91 Å². The molecule has 0 saturated heterocycles. The highest BCUT2D eigenvalue weighted by molar-refractivity contribution is 5.81. The molecule has 1 aliphatic heterocycles. The first kappa shape index (κ1) is 9.42. The third-order valence-corrected chi connectivity index (χ3v) is 1.63. The van der Waals surface area contributed by atoms with Gasteiger partial charge < -0.3 is 5.32 Å². The maximum atomic E-state index is 11.0. The van der Waals surface area contributed by atoms with Crippen LogP contribution in [-0.4, -0.2) is 24.2 Å². The van der Waals surface area contributed by atoms with Crippen LogP contribution in [0.3, 0.4) is 0 Å². The molecule has 0 aliphatic carbocycles. The zero-order valence-electron chi connectivity index (χ0n) is 7.28. The molecule has 4 heteroatoms. The summed E-state index contributed by atoms with van der Waals surface area (Å²) < 4.78 is 0. The molecule has 0 aromatic carbocycles. The SMILES string of the molecule is CCC(=O)NC1N=CC=CC1=C=O. The van der Waals surface area contributed by atoms with E-state index >= 15 is 0 Å².